The molecule has 1 aliphatic carbocycles. The van der Waals surface area contributed by atoms with Crippen LogP contribution in [0.1, 0.15) is 26.7 Å². The summed E-state index contributed by atoms with van der Waals surface area (Å²) in [5, 5.41) is 3.60. The summed E-state index contributed by atoms with van der Waals surface area (Å²) in [6, 6.07) is 0. The van der Waals surface area contributed by atoms with Crippen molar-refractivity contribution in [3.05, 3.63) is 23.8 Å². The average molecular weight is 179 g/mol. The highest BCUT2D eigenvalue weighted by atomic mass is 16.7. The molecule has 0 heterocycles. The first-order chi connectivity index (χ1) is 6.20. The highest BCUT2D eigenvalue weighted by Crippen LogP contribution is 2.13. The van der Waals surface area contributed by atoms with E-state index in [0.717, 1.165) is 18.6 Å². The Bertz CT molecular complexity index is 283. The van der Waals surface area contributed by atoms with Crippen molar-refractivity contribution in [3.8, 4) is 0 Å². The van der Waals surface area contributed by atoms with Crippen LogP contribution in [0.2, 0.25) is 0 Å². The van der Waals surface area contributed by atoms with Crippen molar-refractivity contribution in [2.75, 3.05) is 0 Å². The summed E-state index contributed by atoms with van der Waals surface area (Å²) in [7, 11) is 0. The number of nitrogens with zero attached hydrogens (tertiary/aromatic N) is 1. The molecule has 3 nitrogen and oxygen atoms in total. The molecule has 0 aromatic heterocycles. The molecule has 0 aliphatic heterocycles. The molecule has 70 valence electrons. The Morgan fingerprint density at radius 1 is 1.54 bits per heavy atom. The minimum atomic E-state index is -0.342. The van der Waals surface area contributed by atoms with Crippen molar-refractivity contribution in [1.82, 2.24) is 0 Å². The van der Waals surface area contributed by atoms with Crippen LogP contribution in [0.4, 0.5) is 0 Å². The first kappa shape index (κ1) is 9.71. The lowest BCUT2D eigenvalue weighted by Crippen LogP contribution is -2.06. The third kappa shape index (κ3) is 3.23. The Morgan fingerprint density at radius 3 is 2.85 bits per heavy atom. The van der Waals surface area contributed by atoms with Gasteiger partial charge in [-0.05, 0) is 26.7 Å². The second-order valence-corrected chi connectivity index (χ2v) is 3.08. The number of oxime groups is 1. The zero-order valence-electron chi connectivity index (χ0n) is 7.91. The predicted octanol–water partition coefficient (Wildman–Crippen LogP) is 2.20. The Morgan fingerprint density at radius 2 is 2.31 bits per heavy atom. The maximum Gasteiger partial charge on any atom is 0.361 e. The van der Waals surface area contributed by atoms with E-state index in [1.807, 2.05) is 12.2 Å². The van der Waals surface area contributed by atoms with E-state index in [2.05, 4.69) is 9.99 Å². The molecular weight excluding hydrogens is 166 g/mol. The SMILES string of the molecule is CC(C)=NOC(=O)C1=CC=CCC1. The van der Waals surface area contributed by atoms with Crippen LogP contribution in [-0.4, -0.2) is 11.7 Å². The Kier molecular flexibility index (Phi) is 3.43. The number of hydrogen-bond acceptors (Lipinski definition) is 3. The normalized spacial score (nSPS) is 14.8. The zero-order chi connectivity index (χ0) is 9.68. The number of carbonyl (C=O) groups excluding carboxylic acids is 1. The largest absolute Gasteiger partial charge is 0.361 e. The number of hydrogen-bond donors (Lipinski definition) is 0. The van der Waals surface area contributed by atoms with Crippen LogP contribution >= 0.6 is 0 Å². The molecule has 0 N–H and O–H groups in total. The van der Waals surface area contributed by atoms with Crippen molar-refractivity contribution < 1.29 is 9.63 Å². The predicted molar refractivity (Wildman–Crippen MR) is 51.3 cm³/mol. The van der Waals surface area contributed by atoms with Crippen molar-refractivity contribution in [1.29, 1.82) is 0 Å². The zero-order valence-corrected chi connectivity index (χ0v) is 7.91. The second-order valence-electron chi connectivity index (χ2n) is 3.08. The fourth-order valence-electron chi connectivity index (χ4n) is 0.964. The third-order valence-electron chi connectivity index (χ3n) is 1.59. The summed E-state index contributed by atoms with van der Waals surface area (Å²) in [6.07, 6.45) is 7.30. The van der Waals surface area contributed by atoms with Gasteiger partial charge in [0, 0.05) is 5.57 Å². The van der Waals surface area contributed by atoms with Gasteiger partial charge in [-0.25, -0.2) is 4.79 Å². The molecule has 0 saturated carbocycles. The van der Waals surface area contributed by atoms with Crippen LogP contribution in [0, 0.1) is 0 Å². The molecule has 0 bridgehead atoms. The van der Waals surface area contributed by atoms with Gasteiger partial charge in [0.25, 0.3) is 0 Å². The molecule has 0 fully saturated rings. The fraction of sp³-hybridized carbons (Fsp3) is 0.400. The van der Waals surface area contributed by atoms with Gasteiger partial charge >= 0.3 is 5.97 Å². The molecule has 0 amide bonds. The fourth-order valence-corrected chi connectivity index (χ4v) is 0.964. The quantitative estimate of drug-likeness (QED) is 0.370. The van der Waals surface area contributed by atoms with Crippen LogP contribution < -0.4 is 0 Å². The summed E-state index contributed by atoms with van der Waals surface area (Å²) in [5.74, 6) is -0.342. The van der Waals surface area contributed by atoms with E-state index in [0.29, 0.717) is 5.57 Å². The Hall–Kier alpha value is -1.38. The van der Waals surface area contributed by atoms with Gasteiger partial charge in [0.05, 0.1) is 5.71 Å². The van der Waals surface area contributed by atoms with Crippen LogP contribution in [0.15, 0.2) is 29.0 Å². The van der Waals surface area contributed by atoms with Crippen LogP contribution in [0.3, 0.4) is 0 Å². The summed E-state index contributed by atoms with van der Waals surface area (Å²) in [5.41, 5.74) is 1.42. The van der Waals surface area contributed by atoms with Crippen molar-refractivity contribution in [2.45, 2.75) is 26.7 Å². The third-order valence-corrected chi connectivity index (χ3v) is 1.59. The summed E-state index contributed by atoms with van der Waals surface area (Å²) >= 11 is 0. The van der Waals surface area contributed by atoms with E-state index in [4.69, 9.17) is 0 Å². The van der Waals surface area contributed by atoms with Gasteiger partial charge in [0.2, 0.25) is 0 Å². The molecule has 3 heteroatoms. The first-order valence-electron chi connectivity index (χ1n) is 4.28. The van der Waals surface area contributed by atoms with E-state index in [-0.39, 0.29) is 5.97 Å². The van der Waals surface area contributed by atoms with E-state index < -0.39 is 0 Å². The lowest BCUT2D eigenvalue weighted by Gasteiger charge is -2.04. The molecule has 0 radical (unpaired) electrons. The summed E-state index contributed by atoms with van der Waals surface area (Å²) in [6.45, 7) is 3.56. The van der Waals surface area contributed by atoms with E-state index in [1.165, 1.54) is 0 Å². The molecule has 1 rings (SSSR count). The highest BCUT2D eigenvalue weighted by molar-refractivity contribution is 5.89. The smallest absolute Gasteiger partial charge is 0.313 e. The molecular formula is C10H13NO2. The molecule has 0 aromatic carbocycles. The minimum Gasteiger partial charge on any atom is -0.313 e. The van der Waals surface area contributed by atoms with Crippen molar-refractivity contribution in [3.63, 3.8) is 0 Å². The molecule has 0 atom stereocenters. The number of rotatable bonds is 2. The first-order valence-corrected chi connectivity index (χ1v) is 4.28. The monoisotopic (exact) mass is 179 g/mol. The van der Waals surface area contributed by atoms with Crippen LogP contribution in [0.5, 0.6) is 0 Å². The van der Waals surface area contributed by atoms with E-state index in [9.17, 15) is 4.79 Å². The second kappa shape index (κ2) is 4.60. The van der Waals surface area contributed by atoms with Gasteiger partial charge in [0.1, 0.15) is 0 Å². The molecule has 0 unspecified atom stereocenters. The van der Waals surface area contributed by atoms with E-state index in [1.54, 1.807) is 19.9 Å². The van der Waals surface area contributed by atoms with Gasteiger partial charge < -0.3 is 4.84 Å². The molecule has 0 aromatic rings. The number of carbonyl (C=O) groups is 1. The molecule has 1 aliphatic rings. The summed E-state index contributed by atoms with van der Waals surface area (Å²) in [4.78, 5) is 16.0. The van der Waals surface area contributed by atoms with Crippen molar-refractivity contribution >= 4 is 11.7 Å². The average Bonchev–Trinajstić information content (AvgIpc) is 2.15. The topological polar surface area (TPSA) is 38.7 Å². The molecule has 0 saturated heterocycles. The Labute approximate surface area is 77.8 Å². The molecule has 13 heavy (non-hydrogen) atoms. The van der Waals surface area contributed by atoms with Crippen LogP contribution in [-0.2, 0) is 9.63 Å². The minimum absolute atomic E-state index is 0.342. The van der Waals surface area contributed by atoms with Crippen LogP contribution in [0.25, 0.3) is 0 Å². The lowest BCUT2D eigenvalue weighted by atomic mass is 10.1. The Balaban J connectivity index is 2.53. The summed E-state index contributed by atoms with van der Waals surface area (Å²) < 4.78 is 0. The van der Waals surface area contributed by atoms with E-state index >= 15 is 0 Å². The van der Waals surface area contributed by atoms with Gasteiger partial charge in [-0.3, -0.25) is 0 Å². The maximum absolute atomic E-state index is 11.3. The van der Waals surface area contributed by atoms with Gasteiger partial charge in [-0.15, -0.1) is 0 Å². The van der Waals surface area contributed by atoms with Gasteiger partial charge in [0.15, 0.2) is 0 Å². The lowest BCUT2D eigenvalue weighted by molar-refractivity contribution is -0.139. The maximum atomic E-state index is 11.3. The van der Waals surface area contributed by atoms with Gasteiger partial charge in [-0.1, -0.05) is 23.4 Å². The number of allylic oxidation sites excluding steroid dienone is 3. The highest BCUT2D eigenvalue weighted by Gasteiger charge is 2.11. The van der Waals surface area contributed by atoms with Gasteiger partial charge in [-0.2, -0.15) is 0 Å². The molecule has 0 spiro atoms. The standard InChI is InChI=1S/C10H13NO2/c1-8(2)11-13-10(12)9-6-4-3-5-7-9/h3-4,6H,5,7H2,1-2H3. The van der Waals surface area contributed by atoms with Crippen molar-refractivity contribution in [2.24, 2.45) is 5.16 Å².